The summed E-state index contributed by atoms with van der Waals surface area (Å²) in [5, 5.41) is 20.6. The molecule has 0 bridgehead atoms. The molecule has 1 aromatic carbocycles. The quantitative estimate of drug-likeness (QED) is 0.609. The second-order valence-electron chi connectivity index (χ2n) is 3.46. The second kappa shape index (κ2) is 5.33. The van der Waals surface area contributed by atoms with Crippen LogP contribution in [0, 0.1) is 11.7 Å². The maximum Gasteiger partial charge on any atom is 0.216 e. The zero-order valence-electron chi connectivity index (χ0n) is 9.19. The number of rotatable bonds is 2. The topological polar surface area (TPSA) is 66.2 Å². The van der Waals surface area contributed by atoms with Gasteiger partial charge in [-0.3, -0.25) is 5.10 Å². The molecule has 0 unspecified atom stereocenters. The lowest BCUT2D eigenvalue weighted by atomic mass is 10.2. The highest BCUT2D eigenvalue weighted by atomic mass is 79.9. The van der Waals surface area contributed by atoms with E-state index in [-0.39, 0.29) is 5.75 Å². The van der Waals surface area contributed by atoms with E-state index in [1.807, 2.05) is 0 Å². The highest BCUT2D eigenvalue weighted by Crippen LogP contribution is 2.30. The van der Waals surface area contributed by atoms with Crippen molar-refractivity contribution in [2.75, 3.05) is 0 Å². The van der Waals surface area contributed by atoms with Crippen LogP contribution in [0.4, 0.5) is 0 Å². The van der Waals surface area contributed by atoms with E-state index in [2.05, 4.69) is 47.2 Å². The third-order valence-electron chi connectivity index (χ3n) is 2.18. The first kappa shape index (κ1) is 13.4. The number of phenolic OH excluding ortho intramolecular Hbond substituents is 1. The maximum absolute atomic E-state index is 9.87. The van der Waals surface area contributed by atoms with Crippen molar-refractivity contribution >= 4 is 50.3 Å². The van der Waals surface area contributed by atoms with Crippen molar-refractivity contribution in [3.63, 3.8) is 0 Å². The van der Waals surface area contributed by atoms with Crippen LogP contribution in [0.1, 0.15) is 11.4 Å². The van der Waals surface area contributed by atoms with Crippen LogP contribution in [-0.4, -0.2) is 26.2 Å². The minimum atomic E-state index is 0.120. The molecule has 0 radical (unpaired) electrons. The van der Waals surface area contributed by atoms with Gasteiger partial charge in [0.1, 0.15) is 11.6 Å². The van der Waals surface area contributed by atoms with Gasteiger partial charge in [0.25, 0.3) is 0 Å². The molecule has 0 spiro atoms. The largest absolute Gasteiger partial charge is 0.506 e. The van der Waals surface area contributed by atoms with Crippen LogP contribution in [0.2, 0.25) is 0 Å². The maximum atomic E-state index is 9.87. The molecule has 2 aromatic rings. The molecule has 5 nitrogen and oxygen atoms in total. The van der Waals surface area contributed by atoms with E-state index < -0.39 is 0 Å². The Balaban J connectivity index is 2.44. The lowest BCUT2D eigenvalue weighted by Gasteiger charge is -2.02. The number of aryl methyl sites for hydroxylation is 1. The van der Waals surface area contributed by atoms with Gasteiger partial charge in [-0.1, -0.05) is 15.9 Å². The summed E-state index contributed by atoms with van der Waals surface area (Å²) in [6.45, 7) is 1.78. The van der Waals surface area contributed by atoms with Crippen LogP contribution in [0.25, 0.3) is 0 Å². The summed E-state index contributed by atoms with van der Waals surface area (Å²) in [5.74, 6) is 0.763. The predicted octanol–water partition coefficient (Wildman–Crippen LogP) is 3.36. The van der Waals surface area contributed by atoms with Crippen molar-refractivity contribution in [2.45, 2.75) is 6.92 Å². The van der Waals surface area contributed by atoms with Gasteiger partial charge in [-0.25, -0.2) is 0 Å². The van der Waals surface area contributed by atoms with E-state index in [1.54, 1.807) is 19.1 Å². The van der Waals surface area contributed by atoms with Crippen molar-refractivity contribution in [1.82, 2.24) is 14.9 Å². The zero-order valence-corrected chi connectivity index (χ0v) is 13.2. The van der Waals surface area contributed by atoms with Gasteiger partial charge in [-0.05, 0) is 47.2 Å². The van der Waals surface area contributed by atoms with Gasteiger partial charge in [0.15, 0.2) is 0 Å². The number of nitrogens with one attached hydrogen (secondary N) is 1. The molecule has 0 fully saturated rings. The molecule has 1 heterocycles. The molecule has 2 rings (SSSR count). The number of aromatic amines is 1. The molecule has 0 aliphatic heterocycles. The van der Waals surface area contributed by atoms with Gasteiger partial charge >= 0.3 is 0 Å². The summed E-state index contributed by atoms with van der Waals surface area (Å²) in [6.07, 6.45) is 1.52. The van der Waals surface area contributed by atoms with Crippen LogP contribution < -0.4 is 0 Å². The number of hydrogen-bond acceptors (Lipinski definition) is 4. The van der Waals surface area contributed by atoms with Gasteiger partial charge in [0, 0.05) is 10.0 Å². The summed E-state index contributed by atoms with van der Waals surface area (Å²) in [4.78, 5) is 0. The third kappa shape index (κ3) is 2.70. The fraction of sp³-hybridized carbons (Fsp3) is 0.100. The molecule has 1 aromatic heterocycles. The Kier molecular flexibility index (Phi) is 3.98. The molecular weight excluding hydrogens is 384 g/mol. The van der Waals surface area contributed by atoms with Crippen LogP contribution >= 0.6 is 44.1 Å². The first-order chi connectivity index (χ1) is 8.49. The van der Waals surface area contributed by atoms with Crippen molar-refractivity contribution in [3.05, 3.63) is 37.2 Å². The first-order valence-corrected chi connectivity index (χ1v) is 6.85. The Morgan fingerprint density at radius 2 is 2.22 bits per heavy atom. The Labute approximate surface area is 125 Å². The molecule has 8 heteroatoms. The predicted molar refractivity (Wildman–Crippen MR) is 78.6 cm³/mol. The van der Waals surface area contributed by atoms with Gasteiger partial charge < -0.3 is 5.11 Å². The van der Waals surface area contributed by atoms with E-state index in [0.29, 0.717) is 20.6 Å². The number of aromatic hydroxyl groups is 1. The van der Waals surface area contributed by atoms with Gasteiger partial charge in [-0.15, -0.1) is 0 Å². The van der Waals surface area contributed by atoms with Gasteiger partial charge in [0.05, 0.1) is 10.7 Å². The van der Waals surface area contributed by atoms with E-state index in [0.717, 1.165) is 4.47 Å². The lowest BCUT2D eigenvalue weighted by Crippen LogP contribution is -1.94. The van der Waals surface area contributed by atoms with Crippen molar-refractivity contribution in [3.8, 4) is 5.75 Å². The molecule has 0 aliphatic carbocycles. The monoisotopic (exact) mass is 390 g/mol. The molecule has 18 heavy (non-hydrogen) atoms. The zero-order chi connectivity index (χ0) is 13.3. The number of benzene rings is 1. The van der Waals surface area contributed by atoms with E-state index in [4.69, 9.17) is 12.2 Å². The average Bonchev–Trinajstić information content (AvgIpc) is 2.62. The SMILES string of the molecule is Cc1n[nH]c(=S)n1/N=C\c1cc(Br)cc(Br)c1O. The summed E-state index contributed by atoms with van der Waals surface area (Å²) in [5.41, 5.74) is 0.568. The standard InChI is InChI=1S/C10H8Br2N4OS/c1-5-14-15-10(18)16(5)13-4-6-2-7(11)3-8(12)9(6)17/h2-4,17H,1H3,(H,15,18)/b13-4-. The number of aromatic nitrogens is 3. The molecule has 0 amide bonds. The summed E-state index contributed by atoms with van der Waals surface area (Å²) in [7, 11) is 0. The smallest absolute Gasteiger partial charge is 0.216 e. The Morgan fingerprint density at radius 1 is 1.50 bits per heavy atom. The molecule has 2 N–H and O–H groups in total. The van der Waals surface area contributed by atoms with Crippen molar-refractivity contribution in [2.24, 2.45) is 5.10 Å². The molecule has 94 valence electrons. The molecule has 0 saturated carbocycles. The van der Waals surface area contributed by atoms with E-state index in [1.165, 1.54) is 10.9 Å². The van der Waals surface area contributed by atoms with Gasteiger partial charge in [-0.2, -0.15) is 14.9 Å². The summed E-state index contributed by atoms with van der Waals surface area (Å²) in [6, 6.07) is 3.50. The number of phenols is 1. The number of nitrogens with zero attached hydrogens (tertiary/aromatic N) is 3. The fourth-order valence-corrected chi connectivity index (χ4v) is 2.79. The molecule has 0 aliphatic rings. The molecule has 0 atom stereocenters. The highest BCUT2D eigenvalue weighted by Gasteiger charge is 2.06. The minimum absolute atomic E-state index is 0.120. The lowest BCUT2D eigenvalue weighted by molar-refractivity contribution is 0.471. The van der Waals surface area contributed by atoms with Gasteiger partial charge in [0.2, 0.25) is 4.77 Å². The van der Waals surface area contributed by atoms with Crippen LogP contribution in [0.3, 0.4) is 0 Å². The second-order valence-corrected chi connectivity index (χ2v) is 5.61. The van der Waals surface area contributed by atoms with Crippen LogP contribution in [0.15, 0.2) is 26.2 Å². The summed E-state index contributed by atoms with van der Waals surface area (Å²) < 4.78 is 3.30. The Bertz CT molecular complexity index is 677. The first-order valence-electron chi connectivity index (χ1n) is 4.85. The van der Waals surface area contributed by atoms with Crippen LogP contribution in [0.5, 0.6) is 5.75 Å². The van der Waals surface area contributed by atoms with E-state index >= 15 is 0 Å². The molecular formula is C10H8Br2N4OS. The van der Waals surface area contributed by atoms with E-state index in [9.17, 15) is 5.11 Å². The summed E-state index contributed by atoms with van der Waals surface area (Å²) >= 11 is 11.6. The minimum Gasteiger partial charge on any atom is -0.506 e. The Morgan fingerprint density at radius 3 is 2.83 bits per heavy atom. The van der Waals surface area contributed by atoms with Crippen molar-refractivity contribution in [1.29, 1.82) is 0 Å². The van der Waals surface area contributed by atoms with Crippen molar-refractivity contribution < 1.29 is 5.11 Å². The number of halogens is 2. The Hall–Kier alpha value is -0.990. The van der Waals surface area contributed by atoms with Crippen LogP contribution in [-0.2, 0) is 0 Å². The average molecular weight is 392 g/mol. The number of hydrogen-bond donors (Lipinski definition) is 2. The third-order valence-corrected chi connectivity index (χ3v) is 3.51. The normalized spacial score (nSPS) is 11.3. The molecule has 0 saturated heterocycles. The number of H-pyrrole nitrogens is 1. The highest BCUT2D eigenvalue weighted by molar-refractivity contribution is 9.11. The fourth-order valence-electron chi connectivity index (χ4n) is 1.31.